The van der Waals surface area contributed by atoms with Gasteiger partial charge < -0.3 is 9.64 Å². The van der Waals surface area contributed by atoms with Crippen LogP contribution in [-0.2, 0) is 4.74 Å². The van der Waals surface area contributed by atoms with Crippen LogP contribution in [0.4, 0.5) is 0 Å². The Morgan fingerprint density at radius 1 is 1.18 bits per heavy atom. The van der Waals surface area contributed by atoms with Crippen molar-refractivity contribution >= 4 is 18.4 Å². The number of hydrogen-bond donors (Lipinski definition) is 0. The van der Waals surface area contributed by atoms with Gasteiger partial charge >= 0.3 is 0 Å². The average molecular weight is 264 g/mol. The lowest BCUT2D eigenvalue weighted by molar-refractivity contribution is 0.198. The summed E-state index contributed by atoms with van der Waals surface area (Å²) in [5.41, 5.74) is 0. The quantitative estimate of drug-likeness (QED) is 0.564. The first-order chi connectivity index (χ1) is 7.77. The van der Waals surface area contributed by atoms with E-state index >= 15 is 0 Å². The van der Waals surface area contributed by atoms with E-state index < -0.39 is 0 Å². The highest BCUT2D eigenvalue weighted by atomic mass is 35.5. The van der Waals surface area contributed by atoms with E-state index in [1.54, 1.807) is 0 Å². The summed E-state index contributed by atoms with van der Waals surface area (Å²) in [6.07, 6.45) is 3.64. The molecular formula is C12H26ClN3O. The Kier molecular flexibility index (Phi) is 17.4. The molecule has 17 heavy (non-hydrogen) atoms. The van der Waals surface area contributed by atoms with Crippen molar-refractivity contribution in [2.45, 2.75) is 26.2 Å². The Balaban J connectivity index is 0. The van der Waals surface area contributed by atoms with Crippen LogP contribution in [0.2, 0.25) is 0 Å². The van der Waals surface area contributed by atoms with E-state index in [0.29, 0.717) is 0 Å². The zero-order chi connectivity index (χ0) is 12.1. The molecular weight excluding hydrogens is 238 g/mol. The van der Waals surface area contributed by atoms with Gasteiger partial charge in [-0.05, 0) is 46.8 Å². The summed E-state index contributed by atoms with van der Waals surface area (Å²) in [7, 11) is 4.12. The second-order valence-corrected chi connectivity index (χ2v) is 3.93. The van der Waals surface area contributed by atoms with Crippen LogP contribution in [0, 0.1) is 0 Å². The highest BCUT2D eigenvalue weighted by Gasteiger charge is 1.94. The predicted octanol–water partition coefficient (Wildman–Crippen LogP) is 2.35. The number of halogens is 1. The molecule has 0 amide bonds. The van der Waals surface area contributed by atoms with Crippen LogP contribution < -0.4 is 0 Å². The maximum absolute atomic E-state index is 4.94. The summed E-state index contributed by atoms with van der Waals surface area (Å²) in [6.45, 7) is 6.67. The van der Waals surface area contributed by atoms with Crippen LogP contribution in [0.15, 0.2) is 9.98 Å². The minimum Gasteiger partial charge on any atom is -0.381 e. The van der Waals surface area contributed by atoms with E-state index in [0.717, 1.165) is 39.3 Å². The third kappa shape index (κ3) is 18.2. The fraction of sp³-hybridized carbons (Fsp3) is 0.917. The summed E-state index contributed by atoms with van der Waals surface area (Å²) < 4.78 is 4.94. The molecule has 0 aliphatic carbocycles. The molecule has 0 N–H and O–H groups in total. The van der Waals surface area contributed by atoms with Gasteiger partial charge in [0.25, 0.3) is 0 Å². The monoisotopic (exact) mass is 263 g/mol. The van der Waals surface area contributed by atoms with Gasteiger partial charge in [0.2, 0.25) is 0 Å². The largest absolute Gasteiger partial charge is 0.381 e. The van der Waals surface area contributed by atoms with Gasteiger partial charge in [-0.15, -0.1) is 12.4 Å². The number of ether oxygens (including phenoxy) is 1. The Bertz CT molecular complexity index is 192. The number of nitrogens with zero attached hydrogens (tertiary/aromatic N) is 3. The van der Waals surface area contributed by atoms with Crippen molar-refractivity contribution in [1.29, 1.82) is 0 Å². The fourth-order valence-corrected chi connectivity index (χ4v) is 1.15. The van der Waals surface area contributed by atoms with Gasteiger partial charge in [-0.2, -0.15) is 0 Å². The van der Waals surface area contributed by atoms with Gasteiger partial charge in [0.1, 0.15) is 0 Å². The number of rotatable bonds is 5. The second-order valence-electron chi connectivity index (χ2n) is 3.93. The van der Waals surface area contributed by atoms with Crippen LogP contribution >= 0.6 is 12.4 Å². The van der Waals surface area contributed by atoms with Crippen molar-refractivity contribution < 1.29 is 4.74 Å². The number of aliphatic imine (C=N–C) groups is 2. The van der Waals surface area contributed by atoms with Gasteiger partial charge in [-0.3, -0.25) is 0 Å². The molecule has 1 aliphatic rings. The molecule has 4 nitrogen and oxygen atoms in total. The van der Waals surface area contributed by atoms with Crippen molar-refractivity contribution in [2.75, 3.05) is 46.9 Å². The van der Waals surface area contributed by atoms with Gasteiger partial charge in [-0.1, -0.05) is 0 Å². The lowest BCUT2D eigenvalue weighted by Crippen LogP contribution is -2.13. The molecule has 0 saturated carbocycles. The first kappa shape index (κ1) is 18.9. The molecule has 0 bridgehead atoms. The molecule has 0 aromatic heterocycles. The van der Waals surface area contributed by atoms with Crippen LogP contribution in [-0.4, -0.2) is 57.9 Å². The average Bonchev–Trinajstić information content (AvgIpc) is 2.81. The molecule has 102 valence electrons. The van der Waals surface area contributed by atoms with Gasteiger partial charge in [0, 0.05) is 19.8 Å². The summed E-state index contributed by atoms with van der Waals surface area (Å²) in [5.74, 6) is 0. The summed E-state index contributed by atoms with van der Waals surface area (Å²) in [4.78, 5) is 9.99. The second kappa shape index (κ2) is 15.6. The normalized spacial score (nSPS) is 13.2. The molecule has 0 radical (unpaired) electrons. The van der Waals surface area contributed by atoms with E-state index in [-0.39, 0.29) is 12.4 Å². The zero-order valence-corrected chi connectivity index (χ0v) is 12.1. The molecule has 1 heterocycles. The third-order valence-corrected chi connectivity index (χ3v) is 2.00. The zero-order valence-electron chi connectivity index (χ0n) is 11.3. The number of hydrogen-bond acceptors (Lipinski definition) is 4. The topological polar surface area (TPSA) is 37.2 Å². The van der Waals surface area contributed by atoms with Crippen molar-refractivity contribution in [3.8, 4) is 0 Å². The molecule has 1 aliphatic heterocycles. The Labute approximate surface area is 112 Å². The minimum atomic E-state index is 0. The smallest absolute Gasteiger partial charge is 0.0892 e. The third-order valence-electron chi connectivity index (χ3n) is 2.00. The van der Waals surface area contributed by atoms with Gasteiger partial charge in [-0.25, -0.2) is 9.98 Å². The van der Waals surface area contributed by atoms with E-state index in [2.05, 4.69) is 35.0 Å². The van der Waals surface area contributed by atoms with Gasteiger partial charge in [0.15, 0.2) is 0 Å². The molecule has 5 heteroatoms. The van der Waals surface area contributed by atoms with Crippen molar-refractivity contribution in [2.24, 2.45) is 9.98 Å². The predicted molar refractivity (Wildman–Crippen MR) is 75.7 cm³/mol. The Morgan fingerprint density at radius 3 is 2.24 bits per heavy atom. The first-order valence-corrected chi connectivity index (χ1v) is 6.07. The first-order valence-electron chi connectivity index (χ1n) is 6.07. The highest BCUT2D eigenvalue weighted by molar-refractivity contribution is 5.85. The molecule has 1 saturated heterocycles. The summed E-state index contributed by atoms with van der Waals surface area (Å²) >= 11 is 0. The molecule has 0 unspecified atom stereocenters. The molecule has 0 aromatic rings. The van der Waals surface area contributed by atoms with Crippen LogP contribution in [0.3, 0.4) is 0 Å². The lowest BCUT2D eigenvalue weighted by Gasteiger charge is -2.05. The van der Waals surface area contributed by atoms with E-state index in [1.807, 2.05) is 6.92 Å². The molecule has 0 spiro atoms. The molecule has 1 rings (SSSR count). The van der Waals surface area contributed by atoms with Crippen LogP contribution in [0.5, 0.6) is 0 Å². The van der Waals surface area contributed by atoms with Crippen molar-refractivity contribution in [1.82, 2.24) is 4.90 Å². The fourth-order valence-electron chi connectivity index (χ4n) is 1.15. The molecule has 0 atom stereocenters. The van der Waals surface area contributed by atoms with E-state index in [1.165, 1.54) is 12.8 Å². The maximum Gasteiger partial charge on any atom is 0.0892 e. The standard InChI is InChI=1S/C8H17N3.C4H8O.ClH/c1-4-9-8-10-6-5-7-11(2)3;1-2-4-5-3-1;/h4-7H2,1-3H3;1-4H2;1H. The van der Waals surface area contributed by atoms with Gasteiger partial charge in [0.05, 0.1) is 12.6 Å². The van der Waals surface area contributed by atoms with Crippen LogP contribution in [0.25, 0.3) is 0 Å². The Hall–Kier alpha value is -0.410. The summed E-state index contributed by atoms with van der Waals surface area (Å²) in [6, 6.07) is 2.64. The lowest BCUT2D eigenvalue weighted by atomic mass is 10.4. The SMILES string of the molecule is C1CCOC1.CCN=C=NCCCN(C)C.Cl. The highest BCUT2D eigenvalue weighted by Crippen LogP contribution is 1.98. The van der Waals surface area contributed by atoms with Crippen molar-refractivity contribution in [3.63, 3.8) is 0 Å². The molecule has 1 fully saturated rings. The van der Waals surface area contributed by atoms with E-state index in [4.69, 9.17) is 4.74 Å². The van der Waals surface area contributed by atoms with Crippen LogP contribution in [0.1, 0.15) is 26.2 Å². The van der Waals surface area contributed by atoms with Crippen molar-refractivity contribution in [3.05, 3.63) is 0 Å². The Morgan fingerprint density at radius 2 is 1.82 bits per heavy atom. The minimum absolute atomic E-state index is 0. The van der Waals surface area contributed by atoms with E-state index in [9.17, 15) is 0 Å². The summed E-state index contributed by atoms with van der Waals surface area (Å²) in [5, 5.41) is 0. The molecule has 0 aromatic carbocycles. The maximum atomic E-state index is 4.94.